The van der Waals surface area contributed by atoms with Gasteiger partial charge in [0.2, 0.25) is 6.29 Å². The van der Waals surface area contributed by atoms with E-state index in [1.807, 2.05) is 40.0 Å². The monoisotopic (exact) mass is 439 g/mol. The van der Waals surface area contributed by atoms with Crippen LogP contribution in [0.5, 0.6) is 0 Å². The van der Waals surface area contributed by atoms with Gasteiger partial charge in [-0.2, -0.15) is 0 Å². The summed E-state index contributed by atoms with van der Waals surface area (Å²) in [5.74, 6) is -0.776. The van der Waals surface area contributed by atoms with Crippen LogP contribution in [0.2, 0.25) is 0 Å². The topological polar surface area (TPSA) is 77.5 Å². The lowest BCUT2D eigenvalue weighted by Gasteiger charge is -2.42. The summed E-state index contributed by atoms with van der Waals surface area (Å²) < 4.78 is 43.1. The van der Waals surface area contributed by atoms with Crippen LogP contribution in [-0.2, 0) is 33.2 Å². The van der Waals surface area contributed by atoms with E-state index in [0.29, 0.717) is 18.8 Å². The van der Waals surface area contributed by atoms with E-state index in [9.17, 15) is 0 Å². The van der Waals surface area contributed by atoms with Gasteiger partial charge in [0.05, 0.1) is 6.10 Å². The molecule has 5 rings (SSSR count). The molecule has 3 saturated heterocycles. The number of nitrogens with zero attached hydrogens (tertiary/aromatic N) is 1. The average Bonchev–Trinajstić information content (AvgIpc) is 3.36. The number of ether oxygens (including phenoxy) is 7. The molecule has 0 unspecified atom stereocenters. The summed E-state index contributed by atoms with van der Waals surface area (Å²) in [6.07, 6.45) is 2.38. The van der Waals surface area contributed by atoms with Crippen molar-refractivity contribution in [2.75, 3.05) is 6.61 Å². The highest BCUT2D eigenvalue weighted by Gasteiger charge is 2.62. The molecule has 0 radical (unpaired) electrons. The van der Waals surface area contributed by atoms with Gasteiger partial charge in [-0.1, -0.05) is 0 Å². The highest BCUT2D eigenvalue weighted by atomic mass is 32.1. The molecule has 0 N–H and O–H groups in total. The summed E-state index contributed by atoms with van der Waals surface area (Å²) >= 11 is 1.53. The molecular weight excluding hydrogens is 410 g/mol. The Kier molecular flexibility index (Phi) is 5.21. The van der Waals surface area contributed by atoms with Crippen LogP contribution in [0.1, 0.15) is 46.0 Å². The minimum Gasteiger partial charge on any atom is -0.462 e. The Morgan fingerprint density at radius 1 is 1.03 bits per heavy atom. The molecule has 1 aromatic heterocycles. The van der Waals surface area contributed by atoms with Crippen LogP contribution in [0.25, 0.3) is 5.76 Å². The van der Waals surface area contributed by atoms with Gasteiger partial charge in [0, 0.05) is 30.5 Å². The minimum atomic E-state index is -0.740. The molecule has 3 fully saturated rings. The van der Waals surface area contributed by atoms with Gasteiger partial charge in [0.1, 0.15) is 18.3 Å². The van der Waals surface area contributed by atoms with E-state index in [1.165, 1.54) is 11.3 Å². The first kappa shape index (κ1) is 20.8. The standard InChI is InChI=1S/C21H29NO7S/c1-6-23-13-10-11(9-12(24-13)18-22-7-8-30-18)14-15-16(27-20(2,3)26-15)17-19(25-14)29-21(4,5)28-17/h7-9,11,13-17,19H,6,10H2,1-5H3/t11-,13+,14-,15+,16+,17-,19-/m1/s1. The van der Waals surface area contributed by atoms with Crippen molar-refractivity contribution >= 4 is 17.1 Å². The van der Waals surface area contributed by atoms with Crippen LogP contribution >= 0.6 is 11.3 Å². The molecule has 5 heterocycles. The molecule has 0 aromatic carbocycles. The second-order valence-corrected chi connectivity index (χ2v) is 9.80. The van der Waals surface area contributed by atoms with Gasteiger partial charge in [0.15, 0.2) is 28.6 Å². The largest absolute Gasteiger partial charge is 0.462 e. The molecule has 7 atom stereocenters. The fourth-order valence-corrected chi connectivity index (χ4v) is 5.29. The second-order valence-electron chi connectivity index (χ2n) is 8.90. The van der Waals surface area contributed by atoms with Gasteiger partial charge in [-0.3, -0.25) is 0 Å². The third-order valence-electron chi connectivity index (χ3n) is 5.70. The van der Waals surface area contributed by atoms with Gasteiger partial charge in [-0.25, -0.2) is 4.98 Å². The number of fused-ring (bicyclic) bond motifs is 3. The Balaban J connectivity index is 1.47. The summed E-state index contributed by atoms with van der Waals surface area (Å²) in [6.45, 7) is 10.1. The normalized spacial score (nSPS) is 41.6. The van der Waals surface area contributed by atoms with Gasteiger partial charge < -0.3 is 33.2 Å². The molecule has 0 amide bonds. The van der Waals surface area contributed by atoms with Crippen LogP contribution in [0.3, 0.4) is 0 Å². The number of hydrogen-bond acceptors (Lipinski definition) is 9. The number of aromatic nitrogens is 1. The Morgan fingerprint density at radius 3 is 2.43 bits per heavy atom. The van der Waals surface area contributed by atoms with Gasteiger partial charge >= 0.3 is 0 Å². The Bertz CT molecular complexity index is 795. The third kappa shape index (κ3) is 3.81. The summed E-state index contributed by atoms with van der Waals surface area (Å²) in [5, 5.41) is 2.75. The zero-order valence-corrected chi connectivity index (χ0v) is 18.7. The van der Waals surface area contributed by atoms with Crippen molar-refractivity contribution in [1.29, 1.82) is 0 Å². The van der Waals surface area contributed by atoms with Crippen LogP contribution in [0.4, 0.5) is 0 Å². The maximum atomic E-state index is 6.46. The highest BCUT2D eigenvalue weighted by molar-refractivity contribution is 7.10. The summed E-state index contributed by atoms with van der Waals surface area (Å²) in [5.41, 5.74) is 0. The first-order valence-electron chi connectivity index (χ1n) is 10.5. The molecule has 0 spiro atoms. The maximum Gasteiger partial charge on any atom is 0.200 e. The average molecular weight is 440 g/mol. The Hall–Kier alpha value is -1.07. The Labute approximate surface area is 180 Å². The highest BCUT2D eigenvalue weighted by Crippen LogP contribution is 2.47. The second kappa shape index (κ2) is 7.51. The van der Waals surface area contributed by atoms with Gasteiger partial charge in [-0.15, -0.1) is 11.3 Å². The van der Waals surface area contributed by atoms with Crippen LogP contribution in [0, 0.1) is 5.92 Å². The molecule has 0 bridgehead atoms. The van der Waals surface area contributed by atoms with E-state index in [4.69, 9.17) is 33.2 Å². The van der Waals surface area contributed by atoms with Crippen molar-refractivity contribution < 1.29 is 33.2 Å². The first-order chi connectivity index (χ1) is 14.2. The molecule has 0 aliphatic carbocycles. The van der Waals surface area contributed by atoms with Gasteiger partial charge in [-0.05, 0) is 40.7 Å². The minimum absolute atomic E-state index is 0.0209. The molecule has 9 heteroatoms. The fourth-order valence-electron chi connectivity index (χ4n) is 4.68. The number of rotatable bonds is 4. The summed E-state index contributed by atoms with van der Waals surface area (Å²) in [4.78, 5) is 4.40. The maximum absolute atomic E-state index is 6.46. The molecule has 30 heavy (non-hydrogen) atoms. The smallest absolute Gasteiger partial charge is 0.200 e. The molecule has 4 aliphatic rings. The third-order valence-corrected chi connectivity index (χ3v) is 6.48. The van der Waals surface area contributed by atoms with E-state index >= 15 is 0 Å². The molecule has 1 aromatic rings. The molecule has 0 saturated carbocycles. The lowest BCUT2D eigenvalue weighted by Crippen LogP contribution is -2.57. The zero-order valence-electron chi connectivity index (χ0n) is 17.9. The van der Waals surface area contributed by atoms with E-state index in [0.717, 1.165) is 5.01 Å². The van der Waals surface area contributed by atoms with E-state index in [2.05, 4.69) is 11.1 Å². The molecule has 8 nitrogen and oxygen atoms in total. The first-order valence-corrected chi connectivity index (χ1v) is 11.4. The van der Waals surface area contributed by atoms with Gasteiger partial charge in [0.25, 0.3) is 0 Å². The van der Waals surface area contributed by atoms with Crippen LogP contribution < -0.4 is 0 Å². The molecular formula is C21H29NO7S. The zero-order chi connectivity index (χ0) is 21.1. The van der Waals surface area contributed by atoms with Crippen LogP contribution in [0.15, 0.2) is 17.7 Å². The lowest BCUT2D eigenvalue weighted by atomic mass is 9.86. The predicted molar refractivity (Wildman–Crippen MR) is 107 cm³/mol. The van der Waals surface area contributed by atoms with Crippen molar-refractivity contribution in [3.05, 3.63) is 22.7 Å². The van der Waals surface area contributed by atoms with Crippen LogP contribution in [-0.4, -0.2) is 60.2 Å². The van der Waals surface area contributed by atoms with Crippen molar-refractivity contribution in [2.45, 2.75) is 89.6 Å². The van der Waals surface area contributed by atoms with E-state index in [-0.39, 0.29) is 36.6 Å². The van der Waals surface area contributed by atoms with Crippen molar-refractivity contribution in [2.24, 2.45) is 5.92 Å². The summed E-state index contributed by atoms with van der Waals surface area (Å²) in [6, 6.07) is 0. The number of hydrogen-bond donors (Lipinski definition) is 0. The molecule has 4 aliphatic heterocycles. The van der Waals surface area contributed by atoms with Crippen molar-refractivity contribution in [1.82, 2.24) is 4.98 Å². The lowest BCUT2D eigenvalue weighted by molar-refractivity contribution is -0.247. The van der Waals surface area contributed by atoms with Crippen molar-refractivity contribution in [3.63, 3.8) is 0 Å². The van der Waals surface area contributed by atoms with E-state index in [1.54, 1.807) is 6.20 Å². The Morgan fingerprint density at radius 2 is 1.73 bits per heavy atom. The summed E-state index contributed by atoms with van der Waals surface area (Å²) in [7, 11) is 0. The van der Waals surface area contributed by atoms with E-state index < -0.39 is 17.9 Å². The number of thiazole rings is 1. The SMILES string of the molecule is CCO[C@@H]1C[C@H]([C@H]2O[C@@H]3OC(C)(C)O[C@@H]3[C@H]3OC(C)(C)O[C@H]32)C=C(c2nccs2)O1. The predicted octanol–water partition coefficient (Wildman–Crippen LogP) is 3.28. The van der Waals surface area contributed by atoms with Crippen molar-refractivity contribution in [3.8, 4) is 0 Å². The fraction of sp³-hybridized carbons (Fsp3) is 0.762. The quantitative estimate of drug-likeness (QED) is 0.707. The molecule has 166 valence electrons.